The second-order valence-corrected chi connectivity index (χ2v) is 6.54. The van der Waals surface area contributed by atoms with E-state index in [1.807, 2.05) is 0 Å². The highest BCUT2D eigenvalue weighted by Crippen LogP contribution is 2.48. The molecule has 108 valence electrons. The molecule has 0 saturated heterocycles. The molecule has 2 aliphatic rings. The van der Waals surface area contributed by atoms with E-state index in [2.05, 4.69) is 40.6 Å². The molecule has 0 heterocycles. The molecule has 3 heteroatoms. The van der Waals surface area contributed by atoms with Gasteiger partial charge in [-0.1, -0.05) is 36.8 Å². The topological polar surface area (TPSA) is 50.4 Å². The van der Waals surface area contributed by atoms with Gasteiger partial charge in [0.25, 0.3) is 0 Å². The molecule has 0 unspecified atom stereocenters. The van der Waals surface area contributed by atoms with Crippen molar-refractivity contribution in [2.45, 2.75) is 38.5 Å². The molecule has 0 atom stereocenters. The summed E-state index contributed by atoms with van der Waals surface area (Å²) in [6.07, 6.45) is 7.76. The molecular weight excluding hydrogens is 246 g/mol. The van der Waals surface area contributed by atoms with Crippen molar-refractivity contribution in [1.82, 2.24) is 5.32 Å². The van der Waals surface area contributed by atoms with Crippen LogP contribution in [0.1, 0.15) is 37.7 Å². The summed E-state index contributed by atoms with van der Waals surface area (Å²) in [6, 6.07) is 10.7. The van der Waals surface area contributed by atoms with Crippen molar-refractivity contribution in [3.8, 4) is 0 Å². The molecule has 2 aliphatic carbocycles. The van der Waals surface area contributed by atoms with Gasteiger partial charge in [-0.05, 0) is 49.0 Å². The SMILES string of the molecule is NC(=NCC1(Cc2ccccc2)CC1)NCC1CCC1. The van der Waals surface area contributed by atoms with Crippen molar-refractivity contribution < 1.29 is 0 Å². The first-order valence-corrected chi connectivity index (χ1v) is 7.84. The molecule has 0 aliphatic heterocycles. The number of nitrogens with zero attached hydrogens (tertiary/aromatic N) is 1. The summed E-state index contributed by atoms with van der Waals surface area (Å²) in [5.41, 5.74) is 7.76. The number of guanidine groups is 1. The van der Waals surface area contributed by atoms with E-state index in [1.165, 1.54) is 37.7 Å². The minimum atomic E-state index is 0.379. The maximum absolute atomic E-state index is 5.97. The number of hydrogen-bond donors (Lipinski definition) is 2. The lowest BCUT2D eigenvalue weighted by Crippen LogP contribution is -2.37. The van der Waals surface area contributed by atoms with Crippen LogP contribution in [0.3, 0.4) is 0 Å². The van der Waals surface area contributed by atoms with Crippen molar-refractivity contribution in [2.24, 2.45) is 22.1 Å². The van der Waals surface area contributed by atoms with Crippen LogP contribution in [-0.2, 0) is 6.42 Å². The molecule has 3 nitrogen and oxygen atoms in total. The maximum Gasteiger partial charge on any atom is 0.188 e. The van der Waals surface area contributed by atoms with Gasteiger partial charge >= 0.3 is 0 Å². The van der Waals surface area contributed by atoms with Gasteiger partial charge in [0, 0.05) is 13.1 Å². The molecule has 0 bridgehead atoms. The van der Waals surface area contributed by atoms with Gasteiger partial charge in [-0.25, -0.2) is 0 Å². The first-order chi connectivity index (χ1) is 9.76. The molecule has 2 saturated carbocycles. The van der Waals surface area contributed by atoms with Crippen molar-refractivity contribution in [2.75, 3.05) is 13.1 Å². The number of benzene rings is 1. The van der Waals surface area contributed by atoms with Gasteiger partial charge in [-0.15, -0.1) is 0 Å². The molecule has 3 rings (SSSR count). The third-order valence-corrected chi connectivity index (χ3v) is 4.76. The summed E-state index contributed by atoms with van der Waals surface area (Å²) in [5.74, 6) is 1.46. The molecule has 0 spiro atoms. The van der Waals surface area contributed by atoms with Gasteiger partial charge in [0.2, 0.25) is 0 Å². The Morgan fingerprint density at radius 2 is 2.00 bits per heavy atom. The smallest absolute Gasteiger partial charge is 0.188 e. The Balaban J connectivity index is 1.46. The second-order valence-electron chi connectivity index (χ2n) is 6.54. The zero-order chi connectivity index (χ0) is 13.8. The van der Waals surface area contributed by atoms with Crippen LogP contribution in [0.25, 0.3) is 0 Å². The molecule has 0 radical (unpaired) electrons. The third kappa shape index (κ3) is 3.53. The van der Waals surface area contributed by atoms with Gasteiger partial charge in [-0.2, -0.15) is 0 Å². The Bertz CT molecular complexity index is 458. The minimum Gasteiger partial charge on any atom is -0.370 e. The fourth-order valence-electron chi connectivity index (χ4n) is 2.85. The average molecular weight is 271 g/mol. The van der Waals surface area contributed by atoms with Gasteiger partial charge in [0.15, 0.2) is 5.96 Å². The lowest BCUT2D eigenvalue weighted by molar-refractivity contribution is 0.315. The number of aliphatic imine (C=N–C) groups is 1. The van der Waals surface area contributed by atoms with E-state index in [9.17, 15) is 0 Å². The van der Waals surface area contributed by atoms with Gasteiger partial charge in [0.1, 0.15) is 0 Å². The molecule has 0 amide bonds. The van der Waals surface area contributed by atoms with E-state index >= 15 is 0 Å². The van der Waals surface area contributed by atoms with Crippen LogP contribution >= 0.6 is 0 Å². The fraction of sp³-hybridized carbons (Fsp3) is 0.588. The predicted molar refractivity (Wildman–Crippen MR) is 83.6 cm³/mol. The maximum atomic E-state index is 5.97. The Kier molecular flexibility index (Phi) is 3.95. The summed E-state index contributed by atoms with van der Waals surface area (Å²) >= 11 is 0. The molecule has 3 N–H and O–H groups in total. The quantitative estimate of drug-likeness (QED) is 0.617. The second kappa shape index (κ2) is 5.86. The Labute approximate surface area is 121 Å². The number of nitrogens with one attached hydrogen (secondary N) is 1. The highest BCUT2D eigenvalue weighted by Gasteiger charge is 2.42. The summed E-state index contributed by atoms with van der Waals surface area (Å²) < 4.78 is 0. The van der Waals surface area contributed by atoms with E-state index in [0.717, 1.165) is 25.4 Å². The normalized spacial score (nSPS) is 21.3. The summed E-state index contributed by atoms with van der Waals surface area (Å²) in [5, 5.41) is 3.28. The van der Waals surface area contributed by atoms with Crippen LogP contribution in [0.15, 0.2) is 35.3 Å². The fourth-order valence-corrected chi connectivity index (χ4v) is 2.85. The van der Waals surface area contributed by atoms with Crippen LogP contribution in [-0.4, -0.2) is 19.0 Å². The van der Waals surface area contributed by atoms with Crippen molar-refractivity contribution in [1.29, 1.82) is 0 Å². The van der Waals surface area contributed by atoms with Crippen LogP contribution in [0, 0.1) is 11.3 Å². The van der Waals surface area contributed by atoms with E-state index in [4.69, 9.17) is 5.73 Å². The van der Waals surface area contributed by atoms with Crippen LogP contribution in [0.4, 0.5) is 0 Å². The van der Waals surface area contributed by atoms with Gasteiger partial charge in [0.05, 0.1) is 0 Å². The summed E-state index contributed by atoms with van der Waals surface area (Å²) in [6.45, 7) is 1.87. The van der Waals surface area contributed by atoms with Gasteiger partial charge in [-0.3, -0.25) is 4.99 Å². The minimum absolute atomic E-state index is 0.379. The highest BCUT2D eigenvalue weighted by atomic mass is 15.1. The third-order valence-electron chi connectivity index (χ3n) is 4.76. The molecule has 20 heavy (non-hydrogen) atoms. The first kappa shape index (κ1) is 13.5. The number of rotatable bonds is 6. The highest BCUT2D eigenvalue weighted by molar-refractivity contribution is 5.77. The summed E-state index contributed by atoms with van der Waals surface area (Å²) in [4.78, 5) is 4.57. The van der Waals surface area contributed by atoms with E-state index in [-0.39, 0.29) is 0 Å². The molecule has 2 fully saturated rings. The Morgan fingerprint density at radius 3 is 2.60 bits per heavy atom. The molecule has 1 aromatic rings. The first-order valence-electron chi connectivity index (χ1n) is 7.84. The van der Waals surface area contributed by atoms with E-state index in [1.54, 1.807) is 0 Å². The van der Waals surface area contributed by atoms with Crippen molar-refractivity contribution in [3.05, 3.63) is 35.9 Å². The van der Waals surface area contributed by atoms with Crippen molar-refractivity contribution >= 4 is 5.96 Å². The standard InChI is InChI=1S/C17H25N3/c18-16(19-12-15-7-4-8-15)20-13-17(9-10-17)11-14-5-2-1-3-6-14/h1-3,5-6,15H,4,7-13H2,(H3,18,19,20). The van der Waals surface area contributed by atoms with Crippen LogP contribution in [0.2, 0.25) is 0 Å². The largest absolute Gasteiger partial charge is 0.370 e. The zero-order valence-electron chi connectivity index (χ0n) is 12.1. The average Bonchev–Trinajstić information content (AvgIpc) is 3.16. The summed E-state index contributed by atoms with van der Waals surface area (Å²) in [7, 11) is 0. The Morgan fingerprint density at radius 1 is 1.25 bits per heavy atom. The van der Waals surface area contributed by atoms with Crippen molar-refractivity contribution in [3.63, 3.8) is 0 Å². The molecule has 0 aromatic heterocycles. The number of nitrogens with two attached hydrogens (primary N) is 1. The zero-order valence-corrected chi connectivity index (χ0v) is 12.1. The molecular formula is C17H25N3. The Hall–Kier alpha value is -1.51. The van der Waals surface area contributed by atoms with E-state index in [0.29, 0.717) is 11.4 Å². The van der Waals surface area contributed by atoms with Crippen LogP contribution < -0.4 is 11.1 Å². The van der Waals surface area contributed by atoms with E-state index < -0.39 is 0 Å². The lowest BCUT2D eigenvalue weighted by Gasteiger charge is -2.25. The van der Waals surface area contributed by atoms with Gasteiger partial charge < -0.3 is 11.1 Å². The predicted octanol–water partition coefficient (Wildman–Crippen LogP) is 2.71. The lowest BCUT2D eigenvalue weighted by atomic mass is 9.85. The van der Waals surface area contributed by atoms with Crippen LogP contribution in [0.5, 0.6) is 0 Å². The number of hydrogen-bond acceptors (Lipinski definition) is 1. The monoisotopic (exact) mass is 271 g/mol. The molecule has 1 aromatic carbocycles.